The van der Waals surface area contributed by atoms with Gasteiger partial charge in [0, 0.05) is 17.6 Å². The molecule has 5 nitrogen and oxygen atoms in total. The number of nitrogens with one attached hydrogen (secondary N) is 1. The highest BCUT2D eigenvalue weighted by Gasteiger charge is 2.07. The van der Waals surface area contributed by atoms with E-state index in [1.54, 1.807) is 18.2 Å². The van der Waals surface area contributed by atoms with Gasteiger partial charge in [0.05, 0.1) is 10.9 Å². The van der Waals surface area contributed by atoms with Gasteiger partial charge < -0.3 is 10.1 Å². The Morgan fingerprint density at radius 3 is 2.78 bits per heavy atom. The Hall–Kier alpha value is -1.40. The lowest BCUT2D eigenvalue weighted by molar-refractivity contribution is 0.280. The molecule has 0 radical (unpaired) electrons. The number of aliphatic hydroxyl groups excluding tert-OH is 1. The molecule has 0 spiro atoms. The standard InChI is InChI=1S/C12H13BrN2O3/c13-8-3-4-9-10(7-8)14-12(18)15(11(9)17)5-1-2-6-16/h3-4,7,16H,1-2,5-6H2,(H,14,18). The summed E-state index contributed by atoms with van der Waals surface area (Å²) >= 11 is 3.29. The Morgan fingerprint density at radius 1 is 1.28 bits per heavy atom. The van der Waals surface area contributed by atoms with E-state index in [2.05, 4.69) is 20.9 Å². The number of H-pyrrole nitrogens is 1. The SMILES string of the molecule is O=c1[nH]c2cc(Br)ccc2c(=O)n1CCCCO. The van der Waals surface area contributed by atoms with E-state index in [-0.39, 0.29) is 12.2 Å². The Kier molecular flexibility index (Phi) is 3.98. The van der Waals surface area contributed by atoms with Gasteiger partial charge in [-0.25, -0.2) is 4.79 Å². The smallest absolute Gasteiger partial charge is 0.328 e. The molecule has 96 valence electrons. The highest BCUT2D eigenvalue weighted by Crippen LogP contribution is 2.14. The number of benzene rings is 1. The number of fused-ring (bicyclic) bond motifs is 1. The van der Waals surface area contributed by atoms with E-state index >= 15 is 0 Å². The lowest BCUT2D eigenvalue weighted by Gasteiger charge is -2.05. The van der Waals surface area contributed by atoms with Crippen LogP contribution in [0.5, 0.6) is 0 Å². The van der Waals surface area contributed by atoms with Gasteiger partial charge in [0.2, 0.25) is 0 Å². The molecule has 0 saturated carbocycles. The zero-order chi connectivity index (χ0) is 13.1. The summed E-state index contributed by atoms with van der Waals surface area (Å²) in [5, 5.41) is 9.19. The summed E-state index contributed by atoms with van der Waals surface area (Å²) in [7, 11) is 0. The number of hydrogen-bond donors (Lipinski definition) is 2. The minimum absolute atomic E-state index is 0.0627. The number of hydrogen-bond acceptors (Lipinski definition) is 3. The van der Waals surface area contributed by atoms with Crippen LogP contribution < -0.4 is 11.2 Å². The number of nitrogens with zero attached hydrogens (tertiary/aromatic N) is 1. The van der Waals surface area contributed by atoms with Crippen molar-refractivity contribution >= 4 is 26.8 Å². The van der Waals surface area contributed by atoms with E-state index in [0.717, 1.165) is 4.47 Å². The maximum absolute atomic E-state index is 12.1. The van der Waals surface area contributed by atoms with Crippen molar-refractivity contribution in [3.63, 3.8) is 0 Å². The van der Waals surface area contributed by atoms with Crippen molar-refractivity contribution < 1.29 is 5.11 Å². The molecule has 0 bridgehead atoms. The molecular formula is C12H13BrN2O3. The normalized spacial score (nSPS) is 11.0. The molecule has 0 aliphatic rings. The van der Waals surface area contributed by atoms with Crippen LogP contribution in [0.25, 0.3) is 10.9 Å². The molecule has 1 heterocycles. The minimum Gasteiger partial charge on any atom is -0.396 e. The van der Waals surface area contributed by atoms with Crippen LogP contribution in [0.2, 0.25) is 0 Å². The first-order valence-corrected chi connectivity index (χ1v) is 6.46. The summed E-state index contributed by atoms with van der Waals surface area (Å²) < 4.78 is 1.98. The molecule has 0 fully saturated rings. The van der Waals surface area contributed by atoms with Crippen LogP contribution >= 0.6 is 15.9 Å². The number of aromatic nitrogens is 2. The van der Waals surface area contributed by atoms with Crippen LogP contribution in [0.4, 0.5) is 0 Å². The maximum Gasteiger partial charge on any atom is 0.328 e. The molecule has 1 aromatic heterocycles. The predicted octanol–water partition coefficient (Wildman–Crippen LogP) is 1.22. The van der Waals surface area contributed by atoms with Gasteiger partial charge >= 0.3 is 5.69 Å². The van der Waals surface area contributed by atoms with Gasteiger partial charge in [-0.2, -0.15) is 0 Å². The number of rotatable bonds is 4. The Balaban J connectivity index is 2.52. The van der Waals surface area contributed by atoms with E-state index in [0.29, 0.717) is 30.3 Å². The second-order valence-corrected chi connectivity index (χ2v) is 4.92. The second kappa shape index (κ2) is 5.49. The lowest BCUT2D eigenvalue weighted by atomic mass is 10.2. The van der Waals surface area contributed by atoms with Gasteiger partial charge in [-0.05, 0) is 31.0 Å². The average Bonchev–Trinajstić information content (AvgIpc) is 2.33. The van der Waals surface area contributed by atoms with E-state index < -0.39 is 5.69 Å². The monoisotopic (exact) mass is 312 g/mol. The minimum atomic E-state index is -0.413. The summed E-state index contributed by atoms with van der Waals surface area (Å²) in [6.07, 6.45) is 1.17. The Bertz CT molecular complexity index is 675. The van der Waals surface area contributed by atoms with Crippen molar-refractivity contribution in [1.82, 2.24) is 9.55 Å². The molecule has 0 atom stereocenters. The van der Waals surface area contributed by atoms with Crippen LogP contribution in [0.3, 0.4) is 0 Å². The molecule has 6 heteroatoms. The highest BCUT2D eigenvalue weighted by atomic mass is 79.9. The summed E-state index contributed by atoms with van der Waals surface area (Å²) in [6.45, 7) is 0.383. The second-order valence-electron chi connectivity index (χ2n) is 4.01. The van der Waals surface area contributed by atoms with Crippen LogP contribution in [-0.2, 0) is 6.54 Å². The first-order valence-electron chi connectivity index (χ1n) is 5.66. The first-order chi connectivity index (χ1) is 8.63. The third-order valence-electron chi connectivity index (χ3n) is 2.73. The average molecular weight is 313 g/mol. The van der Waals surface area contributed by atoms with Crippen LogP contribution in [0, 0.1) is 0 Å². The van der Waals surface area contributed by atoms with Crippen molar-refractivity contribution in [2.75, 3.05) is 6.61 Å². The predicted molar refractivity (Wildman–Crippen MR) is 72.8 cm³/mol. The van der Waals surface area contributed by atoms with E-state index in [1.807, 2.05) is 0 Å². The fourth-order valence-corrected chi connectivity index (χ4v) is 2.17. The van der Waals surface area contributed by atoms with Gasteiger partial charge in [-0.15, -0.1) is 0 Å². The number of aromatic amines is 1. The van der Waals surface area contributed by atoms with Crippen LogP contribution in [-0.4, -0.2) is 21.3 Å². The van der Waals surface area contributed by atoms with Crippen molar-refractivity contribution in [1.29, 1.82) is 0 Å². The largest absolute Gasteiger partial charge is 0.396 e. The molecule has 0 aliphatic carbocycles. The van der Waals surface area contributed by atoms with E-state index in [1.165, 1.54) is 4.57 Å². The van der Waals surface area contributed by atoms with Crippen LogP contribution in [0.1, 0.15) is 12.8 Å². The fourth-order valence-electron chi connectivity index (χ4n) is 1.81. The quantitative estimate of drug-likeness (QED) is 0.834. The third-order valence-corrected chi connectivity index (χ3v) is 3.23. The number of halogens is 1. The van der Waals surface area contributed by atoms with E-state index in [4.69, 9.17) is 5.11 Å². The van der Waals surface area contributed by atoms with Crippen molar-refractivity contribution in [2.45, 2.75) is 19.4 Å². The zero-order valence-corrected chi connectivity index (χ0v) is 11.2. The third kappa shape index (κ3) is 2.54. The van der Waals surface area contributed by atoms with Crippen molar-refractivity contribution in [3.05, 3.63) is 43.5 Å². The molecule has 0 aliphatic heterocycles. The molecule has 0 saturated heterocycles. The summed E-state index contributed by atoms with van der Waals surface area (Å²) in [6, 6.07) is 5.15. The van der Waals surface area contributed by atoms with Gasteiger partial charge in [0.15, 0.2) is 0 Å². The molecule has 0 amide bonds. The van der Waals surface area contributed by atoms with Gasteiger partial charge in [0.1, 0.15) is 0 Å². The van der Waals surface area contributed by atoms with Gasteiger partial charge in [-0.1, -0.05) is 15.9 Å². The van der Waals surface area contributed by atoms with Gasteiger partial charge in [-0.3, -0.25) is 9.36 Å². The molecule has 2 aromatic rings. The van der Waals surface area contributed by atoms with Gasteiger partial charge in [0.25, 0.3) is 5.56 Å². The van der Waals surface area contributed by atoms with Crippen molar-refractivity contribution in [2.24, 2.45) is 0 Å². The Labute approximate surface area is 111 Å². The first kappa shape index (κ1) is 13.0. The molecule has 2 rings (SSSR count). The topological polar surface area (TPSA) is 75.1 Å². The van der Waals surface area contributed by atoms with Crippen molar-refractivity contribution in [3.8, 4) is 0 Å². The molecule has 0 unspecified atom stereocenters. The molecular weight excluding hydrogens is 300 g/mol. The lowest BCUT2D eigenvalue weighted by Crippen LogP contribution is -2.35. The Morgan fingerprint density at radius 2 is 2.06 bits per heavy atom. The molecule has 18 heavy (non-hydrogen) atoms. The maximum atomic E-state index is 12.1. The van der Waals surface area contributed by atoms with E-state index in [9.17, 15) is 9.59 Å². The molecule has 1 aromatic carbocycles. The zero-order valence-electron chi connectivity index (χ0n) is 9.65. The summed E-state index contributed by atoms with van der Waals surface area (Å²) in [4.78, 5) is 26.6. The summed E-state index contributed by atoms with van der Waals surface area (Å²) in [5.41, 5.74) is -0.180. The number of aliphatic hydroxyl groups is 1. The highest BCUT2D eigenvalue weighted by molar-refractivity contribution is 9.10. The molecule has 2 N–H and O–H groups in total. The summed E-state index contributed by atoms with van der Waals surface area (Å²) in [5.74, 6) is 0. The van der Waals surface area contributed by atoms with Crippen LogP contribution in [0.15, 0.2) is 32.3 Å². The fraction of sp³-hybridized carbons (Fsp3) is 0.333. The number of unbranched alkanes of at least 4 members (excludes halogenated alkanes) is 1.